The van der Waals surface area contributed by atoms with E-state index in [0.29, 0.717) is 5.11 Å². The molecule has 0 saturated carbocycles. The van der Waals surface area contributed by atoms with Gasteiger partial charge in [-0.15, -0.1) is 0 Å². The number of ether oxygens (including phenoxy) is 2. The molecule has 2 aromatic carbocycles. The Hall–Kier alpha value is -2.31. The van der Waals surface area contributed by atoms with Gasteiger partial charge in [0.2, 0.25) is 0 Å². The maximum atomic E-state index is 5.61. The van der Waals surface area contributed by atoms with Crippen LogP contribution < -0.4 is 25.0 Å². The van der Waals surface area contributed by atoms with Gasteiger partial charge in [-0.3, -0.25) is 0 Å². The van der Waals surface area contributed by atoms with E-state index in [2.05, 4.69) is 66.9 Å². The molecule has 0 aromatic heterocycles. The molecule has 3 atom stereocenters. The van der Waals surface area contributed by atoms with Crippen molar-refractivity contribution in [3.63, 3.8) is 0 Å². The molecule has 6 heteroatoms. The Morgan fingerprint density at radius 2 is 1.86 bits per heavy atom. The Labute approximate surface area is 179 Å². The molecule has 156 valence electrons. The molecule has 3 N–H and O–H groups in total. The summed E-state index contributed by atoms with van der Waals surface area (Å²) in [5, 5.41) is 7.41. The SMILES string of the molecule is CCNC(=S)N[C@@H](C)[C@H]1c2cc(OC)c(OC)cc2CC[NH+]1Cc1ccccc1. The number of rotatable bonds is 7. The minimum Gasteiger partial charge on any atom is -0.493 e. The molecule has 1 aliphatic heterocycles. The second kappa shape index (κ2) is 9.94. The summed E-state index contributed by atoms with van der Waals surface area (Å²) in [6, 6.07) is 15.4. The summed E-state index contributed by atoms with van der Waals surface area (Å²) in [6.07, 6.45) is 1.01. The van der Waals surface area contributed by atoms with Crippen LogP contribution in [0, 0.1) is 0 Å². The summed E-state index contributed by atoms with van der Waals surface area (Å²) in [4.78, 5) is 1.52. The summed E-state index contributed by atoms with van der Waals surface area (Å²) in [5.41, 5.74) is 3.98. The number of hydrogen-bond acceptors (Lipinski definition) is 3. The van der Waals surface area contributed by atoms with Gasteiger partial charge >= 0.3 is 0 Å². The van der Waals surface area contributed by atoms with E-state index < -0.39 is 0 Å². The highest BCUT2D eigenvalue weighted by atomic mass is 32.1. The lowest BCUT2D eigenvalue weighted by molar-refractivity contribution is -0.948. The van der Waals surface area contributed by atoms with Crippen molar-refractivity contribution in [3.05, 3.63) is 59.2 Å². The van der Waals surface area contributed by atoms with Gasteiger partial charge in [0, 0.05) is 24.1 Å². The fourth-order valence-electron chi connectivity index (χ4n) is 4.29. The topological polar surface area (TPSA) is 47.0 Å². The molecule has 1 heterocycles. The lowest BCUT2D eigenvalue weighted by Gasteiger charge is -2.38. The molecule has 0 spiro atoms. The molecule has 0 aliphatic carbocycles. The lowest BCUT2D eigenvalue weighted by Crippen LogP contribution is -3.13. The highest BCUT2D eigenvalue weighted by Crippen LogP contribution is 2.35. The first kappa shape index (κ1) is 21.4. The summed E-state index contributed by atoms with van der Waals surface area (Å²) in [7, 11) is 3.38. The van der Waals surface area contributed by atoms with Gasteiger partial charge in [-0.2, -0.15) is 0 Å². The van der Waals surface area contributed by atoms with E-state index >= 15 is 0 Å². The largest absolute Gasteiger partial charge is 0.493 e. The third kappa shape index (κ3) is 5.00. The van der Waals surface area contributed by atoms with Crippen LogP contribution in [-0.2, 0) is 13.0 Å². The average molecular weight is 415 g/mol. The predicted octanol–water partition coefficient (Wildman–Crippen LogP) is 2.26. The summed E-state index contributed by atoms with van der Waals surface area (Å²) < 4.78 is 11.1. The number of quaternary nitrogens is 1. The molecule has 29 heavy (non-hydrogen) atoms. The average Bonchev–Trinajstić information content (AvgIpc) is 2.73. The van der Waals surface area contributed by atoms with Crippen LogP contribution in [0.2, 0.25) is 0 Å². The molecule has 5 nitrogen and oxygen atoms in total. The van der Waals surface area contributed by atoms with Crippen LogP contribution >= 0.6 is 12.2 Å². The second-order valence-corrected chi connectivity index (χ2v) is 7.91. The molecule has 0 amide bonds. The normalized spacial score (nSPS) is 19.0. The van der Waals surface area contributed by atoms with Crippen molar-refractivity contribution >= 4 is 17.3 Å². The molecule has 3 rings (SSSR count). The molecule has 0 fully saturated rings. The Morgan fingerprint density at radius 3 is 2.52 bits per heavy atom. The first-order valence-electron chi connectivity index (χ1n) is 10.2. The lowest BCUT2D eigenvalue weighted by atomic mass is 9.87. The number of fused-ring (bicyclic) bond motifs is 1. The Kier molecular flexibility index (Phi) is 7.34. The van der Waals surface area contributed by atoms with Crippen molar-refractivity contribution < 1.29 is 14.4 Å². The van der Waals surface area contributed by atoms with Gasteiger partial charge in [0.05, 0.1) is 26.8 Å². The van der Waals surface area contributed by atoms with Crippen molar-refractivity contribution in [3.8, 4) is 11.5 Å². The van der Waals surface area contributed by atoms with Crippen molar-refractivity contribution in [1.29, 1.82) is 0 Å². The zero-order chi connectivity index (χ0) is 20.8. The van der Waals surface area contributed by atoms with Crippen LogP contribution in [0.25, 0.3) is 0 Å². The number of thiocarbonyl (C=S) groups is 1. The zero-order valence-electron chi connectivity index (χ0n) is 17.7. The van der Waals surface area contributed by atoms with Gasteiger partial charge in [0.1, 0.15) is 12.6 Å². The highest BCUT2D eigenvalue weighted by Gasteiger charge is 2.36. The van der Waals surface area contributed by atoms with Crippen LogP contribution in [-0.4, -0.2) is 38.5 Å². The summed E-state index contributed by atoms with van der Waals surface area (Å²) >= 11 is 5.48. The number of benzene rings is 2. The monoisotopic (exact) mass is 414 g/mol. The minimum absolute atomic E-state index is 0.164. The third-order valence-electron chi connectivity index (χ3n) is 5.61. The van der Waals surface area contributed by atoms with E-state index in [1.54, 1.807) is 14.2 Å². The van der Waals surface area contributed by atoms with Gasteiger partial charge < -0.3 is 25.0 Å². The molecule has 0 radical (unpaired) electrons. The second-order valence-electron chi connectivity index (χ2n) is 7.50. The van der Waals surface area contributed by atoms with Crippen molar-refractivity contribution in [2.75, 3.05) is 27.3 Å². The first-order valence-corrected chi connectivity index (χ1v) is 10.7. The van der Waals surface area contributed by atoms with E-state index in [1.165, 1.54) is 21.6 Å². The quantitative estimate of drug-likeness (QED) is 0.607. The van der Waals surface area contributed by atoms with E-state index in [4.69, 9.17) is 21.7 Å². The van der Waals surface area contributed by atoms with Crippen molar-refractivity contribution in [2.24, 2.45) is 0 Å². The summed E-state index contributed by atoms with van der Waals surface area (Å²) in [5.74, 6) is 1.57. The van der Waals surface area contributed by atoms with E-state index in [9.17, 15) is 0 Å². The molecular weight excluding hydrogens is 382 g/mol. The Bertz CT molecular complexity index is 828. The van der Waals surface area contributed by atoms with Gasteiger partial charge in [0.15, 0.2) is 16.6 Å². The van der Waals surface area contributed by atoms with Crippen LogP contribution in [0.3, 0.4) is 0 Å². The fraction of sp³-hybridized carbons (Fsp3) is 0.435. The van der Waals surface area contributed by atoms with Crippen molar-refractivity contribution in [1.82, 2.24) is 10.6 Å². The van der Waals surface area contributed by atoms with Crippen LogP contribution in [0.1, 0.15) is 36.6 Å². The van der Waals surface area contributed by atoms with E-state index in [0.717, 1.165) is 37.6 Å². The molecule has 0 bridgehead atoms. The Balaban J connectivity index is 1.96. The van der Waals surface area contributed by atoms with Crippen LogP contribution in [0.4, 0.5) is 0 Å². The van der Waals surface area contributed by atoms with Gasteiger partial charge in [0.25, 0.3) is 0 Å². The van der Waals surface area contributed by atoms with Crippen molar-refractivity contribution in [2.45, 2.75) is 38.9 Å². The van der Waals surface area contributed by atoms with Crippen LogP contribution in [0.15, 0.2) is 42.5 Å². The number of hydrogen-bond donors (Lipinski definition) is 3. The molecule has 0 saturated heterocycles. The maximum Gasteiger partial charge on any atom is 0.166 e. The number of methoxy groups -OCH3 is 2. The van der Waals surface area contributed by atoms with Crippen LogP contribution in [0.5, 0.6) is 11.5 Å². The van der Waals surface area contributed by atoms with E-state index in [-0.39, 0.29) is 12.1 Å². The fourth-order valence-corrected chi connectivity index (χ4v) is 4.62. The standard InChI is InChI=1S/C23H31N3O2S/c1-5-24-23(29)25-16(2)22-19-14-21(28-4)20(27-3)13-18(19)11-12-26(22)15-17-9-7-6-8-10-17/h6-10,13-14,16,22H,5,11-12,15H2,1-4H3,(H2,24,25,29)/p+1/t16-,22-/m0/s1. The third-order valence-corrected chi connectivity index (χ3v) is 5.87. The van der Waals surface area contributed by atoms with Gasteiger partial charge in [-0.1, -0.05) is 30.3 Å². The Morgan fingerprint density at radius 1 is 1.17 bits per heavy atom. The number of nitrogens with one attached hydrogen (secondary N) is 3. The molecule has 1 aliphatic rings. The highest BCUT2D eigenvalue weighted by molar-refractivity contribution is 7.80. The zero-order valence-corrected chi connectivity index (χ0v) is 18.6. The molecule has 2 aromatic rings. The predicted molar refractivity (Wildman–Crippen MR) is 121 cm³/mol. The molecule has 1 unspecified atom stereocenters. The van der Waals surface area contributed by atoms with Gasteiger partial charge in [-0.05, 0) is 43.8 Å². The maximum absolute atomic E-state index is 5.61. The first-order chi connectivity index (χ1) is 14.1. The summed E-state index contributed by atoms with van der Waals surface area (Å²) in [6.45, 7) is 7.11. The minimum atomic E-state index is 0.164. The smallest absolute Gasteiger partial charge is 0.166 e. The van der Waals surface area contributed by atoms with E-state index in [1.807, 2.05) is 0 Å². The van der Waals surface area contributed by atoms with Gasteiger partial charge in [-0.25, -0.2) is 0 Å². The molecular formula is C23H32N3O2S+.